The Bertz CT molecular complexity index is 1260. The lowest BCUT2D eigenvalue weighted by atomic mass is 10.2. The van der Waals surface area contributed by atoms with Gasteiger partial charge < -0.3 is 29.2 Å². The molecule has 2 aromatic rings. The fraction of sp³-hybridized carbons (Fsp3) is 0.174. The first-order valence-corrected chi connectivity index (χ1v) is 11.3. The van der Waals surface area contributed by atoms with Gasteiger partial charge in [0, 0.05) is 0 Å². The lowest BCUT2D eigenvalue weighted by molar-refractivity contribution is -0.140. The number of carboxylic acids is 2. The number of benzene rings is 2. The smallest absolute Gasteiger partial charge is 0.341 e. The monoisotopic (exact) mass is 532 g/mol. The topological polar surface area (TPSA) is 144 Å². The van der Waals surface area contributed by atoms with Gasteiger partial charge in [0.2, 0.25) is 0 Å². The number of carbonyl (C=O) groups excluding carboxylic acids is 1. The third-order valence-electron chi connectivity index (χ3n) is 4.47. The molecule has 188 valence electrons. The number of rotatable bonds is 11. The maximum absolute atomic E-state index is 12.9. The van der Waals surface area contributed by atoms with Crippen LogP contribution >= 0.6 is 24.0 Å². The molecular weight excluding hydrogens is 512 g/mol. The number of hydrogen-bond acceptors (Lipinski definition) is 10. The predicted octanol–water partition coefficient (Wildman–Crippen LogP) is 2.87. The maximum atomic E-state index is 12.9. The maximum Gasteiger partial charge on any atom is 0.341 e. The van der Waals surface area contributed by atoms with Gasteiger partial charge in [-0.1, -0.05) is 17.8 Å². The molecule has 1 fully saturated rings. The molecule has 0 atom stereocenters. The molecule has 11 nitrogen and oxygen atoms in total. The van der Waals surface area contributed by atoms with E-state index < -0.39 is 31.1 Å². The molecule has 0 bridgehead atoms. The van der Waals surface area contributed by atoms with Gasteiger partial charge in [0.15, 0.2) is 40.5 Å². The molecule has 1 aliphatic heterocycles. The number of nitrogens with zero attached hydrogens (tertiary/aromatic N) is 2. The average Bonchev–Trinajstić information content (AvgIpc) is 3.12. The Balaban J connectivity index is 1.75. The van der Waals surface area contributed by atoms with E-state index in [0.29, 0.717) is 27.5 Å². The van der Waals surface area contributed by atoms with Gasteiger partial charge in [0.1, 0.15) is 0 Å². The molecule has 0 saturated carbocycles. The Hall–Kier alpha value is -4.10. The fourth-order valence-corrected chi connectivity index (χ4v) is 4.06. The van der Waals surface area contributed by atoms with E-state index in [9.17, 15) is 14.4 Å². The number of ether oxygens (including phenoxy) is 4. The number of hydrazone groups is 1. The van der Waals surface area contributed by atoms with Crippen LogP contribution in [0.25, 0.3) is 6.08 Å². The van der Waals surface area contributed by atoms with Crippen LogP contribution in [0.15, 0.2) is 46.4 Å². The van der Waals surface area contributed by atoms with Gasteiger partial charge in [-0.2, -0.15) is 10.1 Å². The minimum Gasteiger partial charge on any atom is -0.493 e. The van der Waals surface area contributed by atoms with Crippen molar-refractivity contribution in [2.24, 2.45) is 5.10 Å². The van der Waals surface area contributed by atoms with Crippen molar-refractivity contribution in [3.05, 3.63) is 52.4 Å². The van der Waals surface area contributed by atoms with Gasteiger partial charge in [0.05, 0.1) is 25.3 Å². The van der Waals surface area contributed by atoms with Gasteiger partial charge in [-0.25, -0.2) is 9.59 Å². The fourth-order valence-electron chi connectivity index (χ4n) is 2.89. The van der Waals surface area contributed by atoms with Crippen LogP contribution in [0.2, 0.25) is 0 Å². The minimum absolute atomic E-state index is 0.226. The van der Waals surface area contributed by atoms with E-state index in [1.54, 1.807) is 36.4 Å². The SMILES string of the molecule is COc1cc(/C=C2\SC(=S)N(/N=C/c3ccc(OCC(=O)O)c(OC)c3)C2=O)ccc1OCC(=O)O. The summed E-state index contributed by atoms with van der Waals surface area (Å²) < 4.78 is 21.0. The van der Waals surface area contributed by atoms with Crippen molar-refractivity contribution in [2.45, 2.75) is 0 Å². The second-order valence-corrected chi connectivity index (χ2v) is 8.60. The first-order valence-electron chi connectivity index (χ1n) is 10.1. The van der Waals surface area contributed by atoms with E-state index in [0.717, 1.165) is 16.8 Å². The molecular formula is C23H20N2O9S2. The van der Waals surface area contributed by atoms with Crippen LogP contribution in [0.1, 0.15) is 11.1 Å². The molecule has 2 aromatic carbocycles. The van der Waals surface area contributed by atoms with Gasteiger partial charge in [-0.15, -0.1) is 0 Å². The second kappa shape index (κ2) is 12.0. The Kier molecular flexibility index (Phi) is 8.86. The number of carboxylic acid groups (broad SMARTS) is 2. The highest BCUT2D eigenvalue weighted by molar-refractivity contribution is 8.26. The molecule has 36 heavy (non-hydrogen) atoms. The molecule has 1 saturated heterocycles. The van der Waals surface area contributed by atoms with Crippen LogP contribution in [-0.2, 0) is 14.4 Å². The largest absolute Gasteiger partial charge is 0.493 e. The van der Waals surface area contributed by atoms with Gasteiger partial charge >= 0.3 is 11.9 Å². The lowest BCUT2D eigenvalue weighted by Crippen LogP contribution is -2.22. The van der Waals surface area contributed by atoms with Crippen LogP contribution < -0.4 is 18.9 Å². The molecule has 1 aliphatic rings. The van der Waals surface area contributed by atoms with Crippen LogP contribution in [0.4, 0.5) is 0 Å². The van der Waals surface area contributed by atoms with Crippen molar-refractivity contribution in [2.75, 3.05) is 27.4 Å². The summed E-state index contributed by atoms with van der Waals surface area (Å²) in [6.45, 7) is -1.03. The standard InChI is InChI=1S/C23H20N2O9S2/c1-31-17-7-13(3-5-15(17)33-11-20(26)27)9-19-22(30)25(23(35)36-19)24-10-14-4-6-16(18(8-14)32-2)34-12-21(28)29/h3-10H,11-12H2,1-2H3,(H,26,27)(H,28,29)/b19-9-,24-10+. The first kappa shape index (κ1) is 26.5. The van der Waals surface area contributed by atoms with Crippen LogP contribution in [0.5, 0.6) is 23.0 Å². The summed E-state index contributed by atoms with van der Waals surface area (Å²) in [6, 6.07) is 9.53. The number of thioether (sulfide) groups is 1. The summed E-state index contributed by atoms with van der Waals surface area (Å²) in [5, 5.41) is 22.8. The number of hydrogen-bond donors (Lipinski definition) is 2. The van der Waals surface area contributed by atoms with Crippen molar-refractivity contribution in [3.63, 3.8) is 0 Å². The van der Waals surface area contributed by atoms with Crippen molar-refractivity contribution >= 4 is 58.4 Å². The van der Waals surface area contributed by atoms with Crippen LogP contribution in [-0.4, -0.2) is 71.0 Å². The van der Waals surface area contributed by atoms with E-state index in [4.69, 9.17) is 41.4 Å². The highest BCUT2D eigenvalue weighted by Gasteiger charge is 2.32. The van der Waals surface area contributed by atoms with E-state index in [1.165, 1.54) is 26.5 Å². The first-order chi connectivity index (χ1) is 17.2. The third-order valence-corrected chi connectivity index (χ3v) is 5.75. The Morgan fingerprint density at radius 2 is 1.47 bits per heavy atom. The zero-order valence-electron chi connectivity index (χ0n) is 19.0. The Morgan fingerprint density at radius 1 is 0.944 bits per heavy atom. The van der Waals surface area contributed by atoms with Crippen LogP contribution in [0.3, 0.4) is 0 Å². The van der Waals surface area contributed by atoms with E-state index in [2.05, 4.69) is 5.10 Å². The second-order valence-electron chi connectivity index (χ2n) is 6.92. The molecule has 0 unspecified atom stereocenters. The molecule has 0 spiro atoms. The zero-order valence-corrected chi connectivity index (χ0v) is 20.6. The van der Waals surface area contributed by atoms with Crippen molar-refractivity contribution < 1.29 is 43.5 Å². The van der Waals surface area contributed by atoms with Crippen molar-refractivity contribution in [1.82, 2.24) is 5.01 Å². The highest BCUT2D eigenvalue weighted by Crippen LogP contribution is 2.35. The average molecular weight is 533 g/mol. The predicted molar refractivity (Wildman–Crippen MR) is 135 cm³/mol. The number of thiocarbonyl (C=S) groups is 1. The third kappa shape index (κ3) is 6.73. The van der Waals surface area contributed by atoms with E-state index in [1.807, 2.05) is 0 Å². The summed E-state index contributed by atoms with van der Waals surface area (Å²) in [4.78, 5) is 34.7. The number of aliphatic carboxylic acids is 2. The molecule has 0 radical (unpaired) electrons. The van der Waals surface area contributed by atoms with Gasteiger partial charge in [-0.3, -0.25) is 4.79 Å². The number of methoxy groups -OCH3 is 2. The summed E-state index contributed by atoms with van der Waals surface area (Å²) in [5.74, 6) is -1.56. The molecule has 2 N–H and O–H groups in total. The lowest BCUT2D eigenvalue weighted by Gasteiger charge is -2.10. The Morgan fingerprint density at radius 3 is 2.00 bits per heavy atom. The summed E-state index contributed by atoms with van der Waals surface area (Å²) in [5.41, 5.74) is 1.18. The molecule has 3 rings (SSSR count). The molecule has 1 heterocycles. The molecule has 0 aromatic heterocycles. The number of carbonyl (C=O) groups is 3. The summed E-state index contributed by atoms with van der Waals surface area (Å²) >= 11 is 6.36. The number of amides is 1. The normalized spacial score (nSPS) is 14.4. The van der Waals surface area contributed by atoms with Crippen molar-refractivity contribution in [3.8, 4) is 23.0 Å². The summed E-state index contributed by atoms with van der Waals surface area (Å²) in [6.07, 6.45) is 3.02. The minimum atomic E-state index is -1.12. The molecule has 0 aliphatic carbocycles. The van der Waals surface area contributed by atoms with Crippen LogP contribution in [0, 0.1) is 0 Å². The quantitative estimate of drug-likeness (QED) is 0.250. The van der Waals surface area contributed by atoms with Gasteiger partial charge in [0.25, 0.3) is 5.91 Å². The Labute approximate surface area is 214 Å². The van der Waals surface area contributed by atoms with Crippen molar-refractivity contribution in [1.29, 1.82) is 0 Å². The zero-order chi connectivity index (χ0) is 26.2. The van der Waals surface area contributed by atoms with E-state index in [-0.39, 0.29) is 15.8 Å². The van der Waals surface area contributed by atoms with Gasteiger partial charge in [-0.05, 0) is 59.8 Å². The van der Waals surface area contributed by atoms with E-state index >= 15 is 0 Å². The molecule has 1 amide bonds. The molecule has 13 heteroatoms. The highest BCUT2D eigenvalue weighted by atomic mass is 32.2. The summed E-state index contributed by atoms with van der Waals surface area (Å²) in [7, 11) is 2.83.